The summed E-state index contributed by atoms with van der Waals surface area (Å²) < 4.78 is 27.9. The van der Waals surface area contributed by atoms with E-state index < -0.39 is 9.84 Å². The third kappa shape index (κ3) is 3.88. The van der Waals surface area contributed by atoms with Gasteiger partial charge in [0.15, 0.2) is 9.84 Å². The number of benzene rings is 2. The maximum absolute atomic E-state index is 11.4. The van der Waals surface area contributed by atoms with E-state index in [9.17, 15) is 8.42 Å². The van der Waals surface area contributed by atoms with Crippen molar-refractivity contribution in [1.82, 2.24) is 0 Å². The smallest absolute Gasteiger partial charge is 0.175 e. The molecule has 5 nitrogen and oxygen atoms in total. The van der Waals surface area contributed by atoms with Gasteiger partial charge in [0.25, 0.3) is 0 Å². The number of hydrogen-bond acceptors (Lipinski definition) is 5. The molecule has 3 N–H and O–H groups in total. The molecule has 0 radical (unpaired) electrons. The zero-order valence-electron chi connectivity index (χ0n) is 12.0. The first-order valence-corrected chi connectivity index (χ1v) is 8.25. The molecule has 0 aliphatic rings. The van der Waals surface area contributed by atoms with Crippen molar-refractivity contribution in [2.45, 2.75) is 11.4 Å². The summed E-state index contributed by atoms with van der Waals surface area (Å²) in [4.78, 5) is 0.320. The van der Waals surface area contributed by atoms with Crippen molar-refractivity contribution in [2.24, 2.45) is 0 Å². The van der Waals surface area contributed by atoms with Crippen LogP contribution in [-0.2, 0) is 16.4 Å². The standard InChI is InChI=1S/C15H18N2O3S/c1-20-15-9-12(5-8-14(15)16)17-10-11-3-6-13(7-4-11)21(2,18)19/h3-9,17H,10,16H2,1-2H3. The Balaban J connectivity index is 2.06. The predicted molar refractivity (Wildman–Crippen MR) is 84.3 cm³/mol. The Kier molecular flexibility index (Phi) is 4.37. The van der Waals surface area contributed by atoms with Crippen molar-refractivity contribution in [3.8, 4) is 5.75 Å². The van der Waals surface area contributed by atoms with Crippen molar-refractivity contribution in [3.05, 3.63) is 48.0 Å². The molecule has 0 fully saturated rings. The van der Waals surface area contributed by atoms with Gasteiger partial charge in [0.2, 0.25) is 0 Å². The SMILES string of the molecule is COc1cc(NCc2ccc(S(C)(=O)=O)cc2)ccc1N. The summed E-state index contributed by atoms with van der Waals surface area (Å²) >= 11 is 0. The van der Waals surface area contributed by atoms with Gasteiger partial charge >= 0.3 is 0 Å². The van der Waals surface area contributed by atoms with Crippen LogP contribution in [0.15, 0.2) is 47.4 Å². The van der Waals surface area contributed by atoms with Gasteiger partial charge in [-0.2, -0.15) is 0 Å². The van der Waals surface area contributed by atoms with E-state index in [1.165, 1.54) is 6.26 Å². The molecular formula is C15H18N2O3S. The Morgan fingerprint density at radius 1 is 1.14 bits per heavy atom. The van der Waals surface area contributed by atoms with Crippen molar-refractivity contribution in [1.29, 1.82) is 0 Å². The molecule has 0 aliphatic heterocycles. The van der Waals surface area contributed by atoms with Gasteiger partial charge in [0, 0.05) is 24.6 Å². The Bertz CT molecular complexity index is 725. The van der Waals surface area contributed by atoms with Crippen LogP contribution in [0.25, 0.3) is 0 Å². The number of anilines is 2. The second kappa shape index (κ2) is 6.05. The van der Waals surface area contributed by atoms with E-state index in [-0.39, 0.29) is 0 Å². The maximum atomic E-state index is 11.4. The predicted octanol–water partition coefficient (Wildman–Crippen LogP) is 2.29. The number of sulfone groups is 1. The highest BCUT2D eigenvalue weighted by molar-refractivity contribution is 7.90. The summed E-state index contributed by atoms with van der Waals surface area (Å²) in [5.74, 6) is 0.618. The quantitative estimate of drug-likeness (QED) is 0.828. The average molecular weight is 306 g/mol. The van der Waals surface area contributed by atoms with Gasteiger partial charge in [-0.15, -0.1) is 0 Å². The van der Waals surface area contributed by atoms with Crippen LogP contribution >= 0.6 is 0 Å². The topological polar surface area (TPSA) is 81.4 Å². The van der Waals surface area contributed by atoms with Gasteiger partial charge in [-0.25, -0.2) is 8.42 Å². The molecule has 0 aliphatic carbocycles. The molecule has 0 saturated carbocycles. The fourth-order valence-electron chi connectivity index (χ4n) is 1.88. The van der Waals surface area contributed by atoms with E-state index in [1.807, 2.05) is 12.1 Å². The van der Waals surface area contributed by atoms with E-state index >= 15 is 0 Å². The van der Waals surface area contributed by atoms with Crippen LogP contribution in [0.4, 0.5) is 11.4 Å². The monoisotopic (exact) mass is 306 g/mol. The average Bonchev–Trinajstić information content (AvgIpc) is 2.46. The third-order valence-electron chi connectivity index (χ3n) is 3.08. The number of nitrogens with one attached hydrogen (secondary N) is 1. The molecule has 0 bridgehead atoms. The van der Waals surface area contributed by atoms with Crippen molar-refractivity contribution in [3.63, 3.8) is 0 Å². The van der Waals surface area contributed by atoms with Crippen LogP contribution in [0.1, 0.15) is 5.56 Å². The molecule has 0 aromatic heterocycles. The molecule has 0 saturated heterocycles. The molecule has 2 aromatic rings. The van der Waals surface area contributed by atoms with Gasteiger partial charge in [-0.3, -0.25) is 0 Å². The van der Waals surface area contributed by atoms with Crippen molar-refractivity contribution < 1.29 is 13.2 Å². The molecular weight excluding hydrogens is 288 g/mol. The molecule has 0 atom stereocenters. The summed E-state index contributed by atoms with van der Waals surface area (Å²) in [6.45, 7) is 0.580. The van der Waals surface area contributed by atoms with Gasteiger partial charge in [0.1, 0.15) is 5.75 Å². The fourth-order valence-corrected chi connectivity index (χ4v) is 2.51. The highest BCUT2D eigenvalue weighted by atomic mass is 32.2. The minimum atomic E-state index is -3.15. The number of nitrogens with two attached hydrogens (primary N) is 1. The van der Waals surface area contributed by atoms with E-state index in [4.69, 9.17) is 10.5 Å². The van der Waals surface area contributed by atoms with E-state index in [0.29, 0.717) is 22.9 Å². The molecule has 2 rings (SSSR count). The molecule has 0 spiro atoms. The van der Waals surface area contributed by atoms with Gasteiger partial charge in [-0.1, -0.05) is 12.1 Å². The second-order valence-corrected chi connectivity index (χ2v) is 6.74. The number of methoxy groups -OCH3 is 1. The molecule has 0 amide bonds. The summed E-state index contributed by atoms with van der Waals surface area (Å²) in [5, 5.41) is 3.24. The van der Waals surface area contributed by atoms with Gasteiger partial charge < -0.3 is 15.8 Å². The minimum Gasteiger partial charge on any atom is -0.495 e. The van der Waals surface area contributed by atoms with Gasteiger partial charge in [0.05, 0.1) is 17.7 Å². The van der Waals surface area contributed by atoms with Crippen molar-refractivity contribution >= 4 is 21.2 Å². The first-order valence-electron chi connectivity index (χ1n) is 6.36. The largest absolute Gasteiger partial charge is 0.495 e. The van der Waals surface area contributed by atoms with Crippen LogP contribution in [-0.4, -0.2) is 21.8 Å². The lowest BCUT2D eigenvalue weighted by Crippen LogP contribution is -2.02. The molecule has 6 heteroatoms. The lowest BCUT2D eigenvalue weighted by atomic mass is 10.2. The lowest BCUT2D eigenvalue weighted by molar-refractivity contribution is 0.417. The van der Waals surface area contributed by atoms with Gasteiger partial charge in [-0.05, 0) is 29.8 Å². The fraction of sp³-hybridized carbons (Fsp3) is 0.200. The molecule has 112 valence electrons. The first kappa shape index (κ1) is 15.2. The van der Waals surface area contributed by atoms with Crippen LogP contribution in [0, 0.1) is 0 Å². The zero-order valence-corrected chi connectivity index (χ0v) is 12.8. The number of rotatable bonds is 5. The summed E-state index contributed by atoms with van der Waals surface area (Å²) in [7, 11) is -1.58. The number of ether oxygens (including phenoxy) is 1. The number of hydrogen-bond donors (Lipinski definition) is 2. The van der Waals surface area contributed by atoms with Crippen LogP contribution in [0.2, 0.25) is 0 Å². The second-order valence-electron chi connectivity index (χ2n) is 4.73. The maximum Gasteiger partial charge on any atom is 0.175 e. The van der Waals surface area contributed by atoms with E-state index in [1.54, 1.807) is 37.4 Å². The summed E-state index contributed by atoms with van der Waals surface area (Å²) in [5.41, 5.74) is 8.21. The highest BCUT2D eigenvalue weighted by Gasteiger charge is 2.06. The Hall–Kier alpha value is -2.21. The summed E-state index contributed by atoms with van der Waals surface area (Å²) in [6.07, 6.45) is 1.20. The lowest BCUT2D eigenvalue weighted by Gasteiger charge is -2.10. The minimum absolute atomic E-state index is 0.320. The highest BCUT2D eigenvalue weighted by Crippen LogP contribution is 2.25. The van der Waals surface area contributed by atoms with Crippen LogP contribution in [0.5, 0.6) is 5.75 Å². The molecule has 0 unspecified atom stereocenters. The Morgan fingerprint density at radius 3 is 2.38 bits per heavy atom. The molecule has 2 aromatic carbocycles. The Morgan fingerprint density at radius 2 is 1.81 bits per heavy atom. The third-order valence-corrected chi connectivity index (χ3v) is 4.21. The van der Waals surface area contributed by atoms with Crippen molar-refractivity contribution in [2.75, 3.05) is 24.4 Å². The molecule has 0 heterocycles. The van der Waals surface area contributed by atoms with Crippen LogP contribution < -0.4 is 15.8 Å². The van der Waals surface area contributed by atoms with E-state index in [2.05, 4.69) is 5.32 Å². The number of nitrogen functional groups attached to an aromatic ring is 1. The zero-order chi connectivity index (χ0) is 15.5. The normalized spacial score (nSPS) is 11.1. The Labute approximate surface area is 124 Å². The summed E-state index contributed by atoms with van der Waals surface area (Å²) in [6, 6.07) is 12.2. The molecule has 21 heavy (non-hydrogen) atoms. The van der Waals surface area contributed by atoms with Crippen LogP contribution in [0.3, 0.4) is 0 Å². The van der Waals surface area contributed by atoms with E-state index in [0.717, 1.165) is 11.3 Å². The first-order chi connectivity index (χ1) is 9.90.